The molecule has 0 radical (unpaired) electrons. The summed E-state index contributed by atoms with van der Waals surface area (Å²) in [6.45, 7) is 2.08. The second kappa shape index (κ2) is 8.82. The first kappa shape index (κ1) is 18.4. The van der Waals surface area contributed by atoms with Gasteiger partial charge >= 0.3 is 0 Å². The molecule has 8 nitrogen and oxygen atoms in total. The van der Waals surface area contributed by atoms with E-state index in [1.807, 2.05) is 49.4 Å². The number of carbonyl (C=O) groups is 1. The Morgan fingerprint density at radius 3 is 2.89 bits per heavy atom. The lowest BCUT2D eigenvalue weighted by atomic mass is 10.2. The van der Waals surface area contributed by atoms with Gasteiger partial charge in [0, 0.05) is 10.6 Å². The smallest absolute Gasteiger partial charge is 0.243 e. The fraction of sp³-hybridized carbons (Fsp3) is 0.167. The normalized spacial score (nSPS) is 10.2. The number of hydrogen-bond donors (Lipinski definition) is 2. The van der Waals surface area contributed by atoms with Crippen LogP contribution in [0.2, 0.25) is 0 Å². The van der Waals surface area contributed by atoms with Crippen LogP contribution in [0.1, 0.15) is 5.56 Å². The van der Waals surface area contributed by atoms with Crippen molar-refractivity contribution in [2.45, 2.75) is 11.8 Å². The zero-order valence-corrected chi connectivity index (χ0v) is 15.4. The van der Waals surface area contributed by atoms with Crippen LogP contribution in [0, 0.1) is 18.3 Å². The molecule has 2 N–H and O–H groups in total. The van der Waals surface area contributed by atoms with Crippen LogP contribution in [-0.2, 0) is 4.79 Å². The molecular weight excluding hydrogens is 362 g/mol. The lowest BCUT2D eigenvalue weighted by molar-refractivity contribution is -0.114. The zero-order chi connectivity index (χ0) is 19.1. The summed E-state index contributed by atoms with van der Waals surface area (Å²) in [5, 5.41) is 25.9. The third kappa shape index (κ3) is 4.83. The number of nitrogens with zero attached hydrogens (tertiary/aromatic N) is 5. The van der Waals surface area contributed by atoms with Crippen LogP contribution < -0.4 is 10.6 Å². The van der Waals surface area contributed by atoms with Gasteiger partial charge in [0.2, 0.25) is 5.91 Å². The van der Waals surface area contributed by atoms with Gasteiger partial charge in [0.25, 0.3) is 0 Å². The molecule has 0 saturated heterocycles. The molecule has 9 heteroatoms. The average Bonchev–Trinajstić information content (AvgIpc) is 3.20. The number of rotatable bonds is 7. The van der Waals surface area contributed by atoms with Crippen molar-refractivity contribution < 1.29 is 4.79 Å². The molecule has 3 aromatic rings. The third-order valence-corrected chi connectivity index (χ3v) is 4.64. The summed E-state index contributed by atoms with van der Waals surface area (Å²) in [4.78, 5) is 13.1. The van der Waals surface area contributed by atoms with Crippen LogP contribution in [0.15, 0.2) is 53.7 Å². The fourth-order valence-corrected chi connectivity index (χ4v) is 3.15. The average molecular weight is 379 g/mol. The highest BCUT2D eigenvalue weighted by Gasteiger charge is 2.08. The molecule has 0 aliphatic rings. The largest absolute Gasteiger partial charge is 0.376 e. The van der Waals surface area contributed by atoms with Crippen molar-refractivity contribution in [1.82, 2.24) is 20.2 Å². The molecule has 1 heterocycles. The highest BCUT2D eigenvalue weighted by atomic mass is 32.2. The van der Waals surface area contributed by atoms with Gasteiger partial charge in [0.15, 0.2) is 0 Å². The first-order valence-corrected chi connectivity index (χ1v) is 9.12. The van der Waals surface area contributed by atoms with E-state index in [1.165, 1.54) is 18.1 Å². The zero-order valence-electron chi connectivity index (χ0n) is 14.6. The number of hydrogen-bond acceptors (Lipinski definition) is 7. The Bertz CT molecular complexity index is 966. The van der Waals surface area contributed by atoms with Gasteiger partial charge in [0.05, 0.1) is 29.7 Å². The minimum absolute atomic E-state index is 0.126. The van der Waals surface area contributed by atoms with E-state index in [0.29, 0.717) is 11.4 Å². The van der Waals surface area contributed by atoms with Gasteiger partial charge in [-0.25, -0.2) is 4.68 Å². The molecular formula is C18H17N7OS. The molecule has 136 valence electrons. The van der Waals surface area contributed by atoms with Crippen molar-refractivity contribution in [2.75, 3.05) is 22.9 Å². The van der Waals surface area contributed by atoms with Gasteiger partial charge in [-0.1, -0.05) is 12.1 Å². The summed E-state index contributed by atoms with van der Waals surface area (Å²) < 4.78 is 1.58. The molecule has 0 fully saturated rings. The second-order valence-corrected chi connectivity index (χ2v) is 6.62. The number of para-hydroxylation sites is 1. The molecule has 0 aliphatic heterocycles. The summed E-state index contributed by atoms with van der Waals surface area (Å²) in [6.07, 6.45) is 1.53. The topological polar surface area (TPSA) is 109 Å². The summed E-state index contributed by atoms with van der Waals surface area (Å²) in [5.74, 6) is 0.167. The van der Waals surface area contributed by atoms with Crippen molar-refractivity contribution in [3.8, 4) is 11.8 Å². The second-order valence-electron chi connectivity index (χ2n) is 5.60. The van der Waals surface area contributed by atoms with E-state index in [0.717, 1.165) is 21.8 Å². The minimum Gasteiger partial charge on any atom is -0.376 e. The van der Waals surface area contributed by atoms with E-state index in [2.05, 4.69) is 32.2 Å². The summed E-state index contributed by atoms with van der Waals surface area (Å²) in [6, 6.07) is 15.2. The van der Waals surface area contributed by atoms with Crippen LogP contribution in [0.3, 0.4) is 0 Å². The number of benzene rings is 2. The molecule has 3 rings (SSSR count). The minimum atomic E-state index is -0.165. The number of nitrogens with one attached hydrogen (secondary N) is 2. The monoisotopic (exact) mass is 379 g/mol. The van der Waals surface area contributed by atoms with Gasteiger partial charge in [-0.15, -0.1) is 16.9 Å². The quantitative estimate of drug-likeness (QED) is 0.607. The van der Waals surface area contributed by atoms with Gasteiger partial charge in [-0.2, -0.15) is 5.26 Å². The van der Waals surface area contributed by atoms with E-state index < -0.39 is 0 Å². The maximum Gasteiger partial charge on any atom is 0.243 e. The van der Waals surface area contributed by atoms with Crippen molar-refractivity contribution >= 4 is 29.0 Å². The molecule has 27 heavy (non-hydrogen) atoms. The van der Waals surface area contributed by atoms with Gasteiger partial charge in [-0.3, -0.25) is 4.79 Å². The highest BCUT2D eigenvalue weighted by Crippen LogP contribution is 2.26. The molecule has 0 atom stereocenters. The van der Waals surface area contributed by atoms with Gasteiger partial charge in [0.1, 0.15) is 6.33 Å². The number of carbonyl (C=O) groups excluding carboxylic acids is 1. The predicted octanol–water partition coefficient (Wildman–Crippen LogP) is 2.64. The van der Waals surface area contributed by atoms with Crippen molar-refractivity contribution in [3.05, 3.63) is 54.4 Å². The number of aromatic nitrogens is 4. The molecule has 0 aliphatic carbocycles. The Balaban J connectivity index is 1.60. The molecule has 1 amide bonds. The van der Waals surface area contributed by atoms with E-state index in [9.17, 15) is 4.79 Å². The maximum atomic E-state index is 12.3. The highest BCUT2D eigenvalue weighted by molar-refractivity contribution is 7.99. The van der Waals surface area contributed by atoms with E-state index in [-0.39, 0.29) is 12.5 Å². The van der Waals surface area contributed by atoms with Gasteiger partial charge < -0.3 is 10.6 Å². The van der Waals surface area contributed by atoms with Crippen LogP contribution in [0.5, 0.6) is 0 Å². The standard InChI is InChI=1S/C18H17N7OS/c1-13-10-14(6-7-16(13)25-12-21-23-24-25)20-11-18(26)22-15-4-2-3-5-17(15)27-9-8-19/h2-7,10,12,20H,9,11H2,1H3,(H,22,26). The van der Waals surface area contributed by atoms with Crippen molar-refractivity contribution in [2.24, 2.45) is 0 Å². The summed E-state index contributed by atoms with van der Waals surface area (Å²) in [5.41, 5.74) is 3.38. The first-order chi connectivity index (χ1) is 13.2. The number of anilines is 2. The van der Waals surface area contributed by atoms with E-state index in [4.69, 9.17) is 5.26 Å². The van der Waals surface area contributed by atoms with Crippen LogP contribution >= 0.6 is 11.8 Å². The van der Waals surface area contributed by atoms with Crippen LogP contribution in [0.4, 0.5) is 11.4 Å². The van der Waals surface area contributed by atoms with Crippen molar-refractivity contribution in [3.63, 3.8) is 0 Å². The number of aryl methyl sites for hydroxylation is 1. The molecule has 0 unspecified atom stereocenters. The maximum absolute atomic E-state index is 12.3. The first-order valence-electron chi connectivity index (χ1n) is 8.14. The van der Waals surface area contributed by atoms with Crippen LogP contribution in [-0.4, -0.2) is 38.4 Å². The van der Waals surface area contributed by atoms with E-state index >= 15 is 0 Å². The number of tetrazole rings is 1. The number of nitriles is 1. The summed E-state index contributed by atoms with van der Waals surface area (Å²) in [7, 11) is 0. The Morgan fingerprint density at radius 1 is 1.30 bits per heavy atom. The fourth-order valence-electron chi connectivity index (χ4n) is 2.48. The van der Waals surface area contributed by atoms with Crippen LogP contribution in [0.25, 0.3) is 5.69 Å². The van der Waals surface area contributed by atoms with E-state index in [1.54, 1.807) is 4.68 Å². The molecule has 0 saturated carbocycles. The number of thioether (sulfide) groups is 1. The Kier molecular flexibility index (Phi) is 6.02. The molecule has 0 bridgehead atoms. The lowest BCUT2D eigenvalue weighted by Crippen LogP contribution is -2.22. The van der Waals surface area contributed by atoms with Gasteiger partial charge in [-0.05, 0) is 53.2 Å². The molecule has 0 spiro atoms. The molecule has 2 aromatic carbocycles. The SMILES string of the molecule is Cc1cc(NCC(=O)Nc2ccccc2SCC#N)ccc1-n1cnnn1. The van der Waals surface area contributed by atoms with Crippen molar-refractivity contribution in [1.29, 1.82) is 5.26 Å². The Labute approximate surface area is 160 Å². The number of amides is 1. The molecule has 1 aromatic heterocycles. The third-order valence-electron chi connectivity index (χ3n) is 3.70. The predicted molar refractivity (Wildman–Crippen MR) is 104 cm³/mol. The Morgan fingerprint density at radius 2 is 2.15 bits per heavy atom. The lowest BCUT2D eigenvalue weighted by Gasteiger charge is -2.12. The summed E-state index contributed by atoms with van der Waals surface area (Å²) >= 11 is 1.39. The Hall–Kier alpha value is -3.38.